The molecule has 0 rings (SSSR count). The average Bonchev–Trinajstić information content (AvgIpc) is 2.14. The first-order chi connectivity index (χ1) is 7.74. The zero-order valence-corrected chi connectivity index (χ0v) is 11.2. The molecule has 0 aromatic heterocycles. The molecule has 6 heteroatoms. The fourth-order valence-corrected chi connectivity index (χ4v) is 1.03. The maximum absolute atomic E-state index is 11.3. The van der Waals surface area contributed by atoms with Crippen molar-refractivity contribution < 1.29 is 19.1 Å². The van der Waals surface area contributed by atoms with E-state index in [0.29, 0.717) is 13.1 Å². The lowest BCUT2D eigenvalue weighted by molar-refractivity contribution is -0.141. The zero-order chi connectivity index (χ0) is 13.5. The minimum Gasteiger partial charge on any atom is -0.468 e. The number of methoxy groups -OCH3 is 1. The van der Waals surface area contributed by atoms with Crippen molar-refractivity contribution in [3.05, 3.63) is 0 Å². The van der Waals surface area contributed by atoms with Crippen molar-refractivity contribution in [2.75, 3.05) is 33.8 Å². The van der Waals surface area contributed by atoms with E-state index in [1.54, 1.807) is 32.7 Å². The molecule has 0 aliphatic carbocycles. The van der Waals surface area contributed by atoms with Gasteiger partial charge in [-0.15, -0.1) is 0 Å². The molecule has 6 nitrogen and oxygen atoms in total. The van der Waals surface area contributed by atoms with Crippen LogP contribution in [0.2, 0.25) is 0 Å². The van der Waals surface area contributed by atoms with Crippen LogP contribution in [0.4, 0.5) is 4.79 Å². The van der Waals surface area contributed by atoms with Crippen molar-refractivity contribution in [2.24, 2.45) is 0 Å². The molecule has 0 saturated carbocycles. The number of alkyl carbamates (subject to hydrolysis) is 1. The van der Waals surface area contributed by atoms with Gasteiger partial charge in [0.15, 0.2) is 0 Å². The molecular formula is C11H22N2O4. The smallest absolute Gasteiger partial charge is 0.407 e. The molecule has 17 heavy (non-hydrogen) atoms. The normalized spacial score (nSPS) is 11.2. The molecule has 0 aromatic rings. The van der Waals surface area contributed by atoms with E-state index in [4.69, 9.17) is 4.74 Å². The van der Waals surface area contributed by atoms with Crippen LogP contribution >= 0.6 is 0 Å². The van der Waals surface area contributed by atoms with Crippen molar-refractivity contribution in [1.82, 2.24) is 10.2 Å². The lowest BCUT2D eigenvalue weighted by Crippen LogP contribution is -2.38. The van der Waals surface area contributed by atoms with Gasteiger partial charge in [0.2, 0.25) is 0 Å². The van der Waals surface area contributed by atoms with Crippen LogP contribution in [0.3, 0.4) is 0 Å². The second-order valence-corrected chi connectivity index (χ2v) is 4.74. The Morgan fingerprint density at radius 1 is 1.29 bits per heavy atom. The first-order valence-electron chi connectivity index (χ1n) is 5.47. The Labute approximate surface area is 102 Å². The first kappa shape index (κ1) is 15.7. The third-order valence-corrected chi connectivity index (χ3v) is 1.79. The molecule has 0 aliphatic rings. The highest BCUT2D eigenvalue weighted by Crippen LogP contribution is 2.05. The van der Waals surface area contributed by atoms with E-state index in [1.165, 1.54) is 7.11 Å². The minimum atomic E-state index is -0.498. The third kappa shape index (κ3) is 9.62. The number of carbonyl (C=O) groups excluding carboxylic acids is 2. The van der Waals surface area contributed by atoms with Gasteiger partial charge in [0.25, 0.3) is 0 Å². The summed E-state index contributed by atoms with van der Waals surface area (Å²) in [5, 5.41) is 2.61. The molecule has 0 aliphatic heterocycles. The Kier molecular flexibility index (Phi) is 6.57. The van der Waals surface area contributed by atoms with Crippen LogP contribution in [0.15, 0.2) is 0 Å². The van der Waals surface area contributed by atoms with E-state index in [1.807, 2.05) is 0 Å². The SMILES string of the molecule is COC(=O)CN(C)CCNC(=O)OC(C)(C)C. The number of nitrogens with one attached hydrogen (secondary N) is 1. The number of hydrogen-bond acceptors (Lipinski definition) is 5. The summed E-state index contributed by atoms with van der Waals surface area (Å²) in [5.74, 6) is -0.301. The van der Waals surface area contributed by atoms with Crippen molar-refractivity contribution in [2.45, 2.75) is 26.4 Å². The molecule has 0 heterocycles. The van der Waals surface area contributed by atoms with Gasteiger partial charge in [0.05, 0.1) is 13.7 Å². The van der Waals surface area contributed by atoms with E-state index in [2.05, 4.69) is 10.1 Å². The summed E-state index contributed by atoms with van der Waals surface area (Å²) in [6.45, 7) is 6.57. The predicted octanol–water partition coefficient (Wildman–Crippen LogP) is 0.616. The highest BCUT2D eigenvalue weighted by atomic mass is 16.6. The number of likely N-dealkylation sites (N-methyl/N-ethyl adjacent to an activating group) is 1. The molecule has 100 valence electrons. The number of ether oxygens (including phenoxy) is 2. The molecule has 1 amide bonds. The second-order valence-electron chi connectivity index (χ2n) is 4.74. The molecule has 1 N–H and O–H groups in total. The van der Waals surface area contributed by atoms with E-state index in [0.717, 1.165) is 0 Å². The quantitative estimate of drug-likeness (QED) is 0.720. The van der Waals surface area contributed by atoms with Crippen LogP contribution in [0.25, 0.3) is 0 Å². The maximum Gasteiger partial charge on any atom is 0.407 e. The molecule has 0 aromatic carbocycles. The minimum absolute atomic E-state index is 0.201. The average molecular weight is 246 g/mol. The zero-order valence-electron chi connectivity index (χ0n) is 11.2. The maximum atomic E-state index is 11.3. The van der Waals surface area contributed by atoms with Gasteiger partial charge in [-0.3, -0.25) is 9.69 Å². The molecule has 0 atom stereocenters. The van der Waals surface area contributed by atoms with Gasteiger partial charge >= 0.3 is 12.1 Å². The highest BCUT2D eigenvalue weighted by Gasteiger charge is 2.15. The Balaban J connectivity index is 3.70. The van der Waals surface area contributed by atoms with Gasteiger partial charge in [-0.25, -0.2) is 4.79 Å². The summed E-state index contributed by atoms with van der Waals surface area (Å²) in [4.78, 5) is 24.0. The van der Waals surface area contributed by atoms with Crippen molar-refractivity contribution in [1.29, 1.82) is 0 Å². The molecular weight excluding hydrogens is 224 g/mol. The van der Waals surface area contributed by atoms with Gasteiger partial charge in [-0.1, -0.05) is 0 Å². The lowest BCUT2D eigenvalue weighted by Gasteiger charge is -2.20. The van der Waals surface area contributed by atoms with Gasteiger partial charge < -0.3 is 14.8 Å². The molecule has 0 bridgehead atoms. The van der Waals surface area contributed by atoms with Crippen LogP contribution in [-0.2, 0) is 14.3 Å². The summed E-state index contributed by atoms with van der Waals surface area (Å²) < 4.78 is 9.58. The molecule has 0 radical (unpaired) electrons. The summed E-state index contributed by atoms with van der Waals surface area (Å²) in [5.41, 5.74) is -0.498. The number of carbonyl (C=O) groups is 2. The fraction of sp³-hybridized carbons (Fsp3) is 0.818. The van der Waals surface area contributed by atoms with Gasteiger partial charge in [-0.05, 0) is 27.8 Å². The Morgan fingerprint density at radius 2 is 1.88 bits per heavy atom. The van der Waals surface area contributed by atoms with Gasteiger partial charge in [0, 0.05) is 13.1 Å². The van der Waals surface area contributed by atoms with Crippen molar-refractivity contribution in [3.63, 3.8) is 0 Å². The standard InChI is InChI=1S/C11H22N2O4/c1-11(2,3)17-10(15)12-6-7-13(4)8-9(14)16-5/h6-8H2,1-5H3,(H,12,15). The van der Waals surface area contributed by atoms with Crippen LogP contribution in [0.1, 0.15) is 20.8 Å². The van der Waals surface area contributed by atoms with Crippen LogP contribution in [0, 0.1) is 0 Å². The lowest BCUT2D eigenvalue weighted by atomic mass is 10.2. The number of amides is 1. The molecule has 0 spiro atoms. The molecule has 0 saturated heterocycles. The first-order valence-corrected chi connectivity index (χ1v) is 5.47. The van der Waals surface area contributed by atoms with Gasteiger partial charge in [0.1, 0.15) is 5.60 Å². The van der Waals surface area contributed by atoms with Crippen LogP contribution in [-0.4, -0.2) is 56.4 Å². The van der Waals surface area contributed by atoms with Crippen LogP contribution in [0.5, 0.6) is 0 Å². The van der Waals surface area contributed by atoms with E-state index >= 15 is 0 Å². The predicted molar refractivity (Wildman–Crippen MR) is 63.7 cm³/mol. The summed E-state index contributed by atoms with van der Waals surface area (Å²) in [6.07, 6.45) is -0.455. The largest absolute Gasteiger partial charge is 0.468 e. The topological polar surface area (TPSA) is 67.9 Å². The number of nitrogens with zero attached hydrogens (tertiary/aromatic N) is 1. The number of hydrogen-bond donors (Lipinski definition) is 1. The highest BCUT2D eigenvalue weighted by molar-refractivity contribution is 5.71. The Bertz CT molecular complexity index is 261. The summed E-state index contributed by atoms with van der Waals surface area (Å²) in [6, 6.07) is 0. The van der Waals surface area contributed by atoms with E-state index in [9.17, 15) is 9.59 Å². The molecule has 0 fully saturated rings. The monoisotopic (exact) mass is 246 g/mol. The summed E-state index contributed by atoms with van der Waals surface area (Å²) in [7, 11) is 3.11. The molecule has 0 unspecified atom stereocenters. The fourth-order valence-electron chi connectivity index (χ4n) is 1.03. The third-order valence-electron chi connectivity index (χ3n) is 1.79. The number of rotatable bonds is 5. The Hall–Kier alpha value is -1.30. The van der Waals surface area contributed by atoms with Crippen LogP contribution < -0.4 is 5.32 Å². The number of esters is 1. The van der Waals surface area contributed by atoms with Gasteiger partial charge in [-0.2, -0.15) is 0 Å². The van der Waals surface area contributed by atoms with Crippen molar-refractivity contribution >= 4 is 12.1 Å². The summed E-state index contributed by atoms with van der Waals surface area (Å²) >= 11 is 0. The van der Waals surface area contributed by atoms with E-state index < -0.39 is 11.7 Å². The Morgan fingerprint density at radius 3 is 2.35 bits per heavy atom. The van der Waals surface area contributed by atoms with E-state index in [-0.39, 0.29) is 12.5 Å². The second kappa shape index (κ2) is 7.11. The van der Waals surface area contributed by atoms with Crippen molar-refractivity contribution in [3.8, 4) is 0 Å².